The lowest BCUT2D eigenvalue weighted by atomic mass is 10.00. The average Bonchev–Trinajstić information content (AvgIpc) is 2.35. The van der Waals surface area contributed by atoms with E-state index in [-0.39, 0.29) is 23.0 Å². The second-order valence-electron chi connectivity index (χ2n) is 4.12. The zero-order valence-corrected chi connectivity index (χ0v) is 10.6. The van der Waals surface area contributed by atoms with Crippen molar-refractivity contribution in [3.8, 4) is 17.6 Å². The van der Waals surface area contributed by atoms with E-state index in [0.29, 0.717) is 11.3 Å². The number of ether oxygens (including phenoxy) is 1. The molecule has 4 nitrogen and oxygen atoms in total. The topological polar surface area (TPSA) is 70.3 Å². The number of rotatable bonds is 4. The van der Waals surface area contributed by atoms with Crippen LogP contribution >= 0.6 is 0 Å². The summed E-state index contributed by atoms with van der Waals surface area (Å²) in [5.41, 5.74) is 0.661. The largest absolute Gasteiger partial charge is 0.504 e. The Morgan fingerprint density at radius 1 is 1.50 bits per heavy atom. The first-order valence-electron chi connectivity index (χ1n) is 5.52. The third-order valence-electron chi connectivity index (χ3n) is 2.42. The Balaban J connectivity index is 3.12. The standard InChI is InChI=1S/C14H15NO3/c1-9(2)14(17)11(8-15)6-10-4-5-13(18-3)12(16)7-10/h4-7,9,16H,1-3H3/b11-6-. The number of carbonyl (C=O) groups excluding carboxylic acids is 1. The number of hydrogen-bond acceptors (Lipinski definition) is 4. The quantitative estimate of drug-likeness (QED) is 0.653. The van der Waals surface area contributed by atoms with E-state index in [0.717, 1.165) is 0 Å². The Kier molecular flexibility index (Phi) is 4.50. The van der Waals surface area contributed by atoms with E-state index in [2.05, 4.69) is 0 Å². The van der Waals surface area contributed by atoms with Gasteiger partial charge in [0.25, 0.3) is 0 Å². The molecule has 0 aliphatic rings. The second-order valence-corrected chi connectivity index (χ2v) is 4.12. The summed E-state index contributed by atoms with van der Waals surface area (Å²) in [5.74, 6) is -0.128. The molecule has 1 aromatic carbocycles. The highest BCUT2D eigenvalue weighted by atomic mass is 16.5. The number of phenols is 1. The summed E-state index contributed by atoms with van der Waals surface area (Å²) in [5, 5.41) is 18.6. The third-order valence-corrected chi connectivity index (χ3v) is 2.42. The number of Topliss-reactive ketones (excluding diaryl/α,β-unsaturated/α-hetero) is 1. The minimum absolute atomic E-state index is 0.0273. The van der Waals surface area contributed by atoms with Crippen LogP contribution in [0, 0.1) is 17.2 Å². The fourth-order valence-corrected chi connectivity index (χ4v) is 1.43. The van der Waals surface area contributed by atoms with Crippen LogP contribution in [0.1, 0.15) is 19.4 Å². The van der Waals surface area contributed by atoms with Gasteiger partial charge in [0.2, 0.25) is 0 Å². The third kappa shape index (κ3) is 3.11. The molecule has 0 amide bonds. The van der Waals surface area contributed by atoms with Crippen molar-refractivity contribution in [1.82, 2.24) is 0 Å². The van der Waals surface area contributed by atoms with Crippen LogP contribution < -0.4 is 4.74 Å². The molecule has 0 fully saturated rings. The maximum Gasteiger partial charge on any atom is 0.175 e. The molecule has 0 aromatic heterocycles. The summed E-state index contributed by atoms with van der Waals surface area (Å²) in [6, 6.07) is 6.58. The fourth-order valence-electron chi connectivity index (χ4n) is 1.43. The van der Waals surface area contributed by atoms with Crippen molar-refractivity contribution >= 4 is 11.9 Å². The van der Waals surface area contributed by atoms with Gasteiger partial charge in [0.15, 0.2) is 17.3 Å². The summed E-state index contributed by atoms with van der Waals surface area (Å²) in [6.45, 7) is 3.47. The van der Waals surface area contributed by atoms with Crippen LogP contribution in [-0.4, -0.2) is 18.0 Å². The average molecular weight is 245 g/mol. The number of aromatic hydroxyl groups is 1. The van der Waals surface area contributed by atoms with E-state index < -0.39 is 0 Å². The van der Waals surface area contributed by atoms with Crippen molar-refractivity contribution < 1.29 is 14.6 Å². The van der Waals surface area contributed by atoms with E-state index in [9.17, 15) is 9.90 Å². The maximum atomic E-state index is 11.7. The molecule has 18 heavy (non-hydrogen) atoms. The number of hydrogen-bond donors (Lipinski definition) is 1. The second kappa shape index (κ2) is 5.87. The van der Waals surface area contributed by atoms with Gasteiger partial charge in [-0.1, -0.05) is 19.9 Å². The van der Waals surface area contributed by atoms with Crippen molar-refractivity contribution in [2.45, 2.75) is 13.8 Å². The molecule has 0 aliphatic heterocycles. The van der Waals surface area contributed by atoms with Crippen molar-refractivity contribution in [1.29, 1.82) is 5.26 Å². The number of carbonyl (C=O) groups is 1. The van der Waals surface area contributed by atoms with Gasteiger partial charge in [-0.15, -0.1) is 0 Å². The maximum absolute atomic E-state index is 11.7. The van der Waals surface area contributed by atoms with E-state index in [1.54, 1.807) is 26.0 Å². The first-order valence-corrected chi connectivity index (χ1v) is 5.52. The van der Waals surface area contributed by atoms with Crippen LogP contribution in [-0.2, 0) is 4.79 Å². The summed E-state index contributed by atoms with van der Waals surface area (Å²) >= 11 is 0. The highest BCUT2D eigenvalue weighted by Gasteiger charge is 2.13. The SMILES string of the molecule is COc1ccc(/C=C(/C#N)C(=O)C(C)C)cc1O. The molecule has 0 bridgehead atoms. The lowest BCUT2D eigenvalue weighted by molar-refractivity contribution is -0.117. The van der Waals surface area contributed by atoms with Gasteiger partial charge in [0.05, 0.1) is 12.7 Å². The van der Waals surface area contributed by atoms with Crippen molar-refractivity contribution in [2.75, 3.05) is 7.11 Å². The number of phenolic OH excluding ortho intramolecular Hbond substituents is 1. The summed E-state index contributed by atoms with van der Waals surface area (Å²) in [4.78, 5) is 11.7. The molecule has 0 aliphatic carbocycles. The number of ketones is 1. The molecule has 4 heteroatoms. The number of nitrogens with zero attached hydrogens (tertiary/aromatic N) is 1. The molecule has 0 spiro atoms. The molecule has 0 saturated carbocycles. The van der Waals surface area contributed by atoms with Gasteiger partial charge in [-0.25, -0.2) is 0 Å². The molecule has 1 N–H and O–H groups in total. The zero-order valence-electron chi connectivity index (χ0n) is 10.6. The molecule has 1 aromatic rings. The Labute approximate surface area is 106 Å². The van der Waals surface area contributed by atoms with Crippen molar-refractivity contribution in [2.24, 2.45) is 5.92 Å². The minimum Gasteiger partial charge on any atom is -0.504 e. The molecule has 0 saturated heterocycles. The Morgan fingerprint density at radius 3 is 2.61 bits per heavy atom. The van der Waals surface area contributed by atoms with Crippen LogP contribution in [0.3, 0.4) is 0 Å². The van der Waals surface area contributed by atoms with Crippen molar-refractivity contribution in [3.05, 3.63) is 29.3 Å². The molecule has 0 radical (unpaired) electrons. The van der Waals surface area contributed by atoms with Crippen LogP contribution in [0.15, 0.2) is 23.8 Å². The van der Waals surface area contributed by atoms with Gasteiger partial charge in [-0.3, -0.25) is 4.79 Å². The lowest BCUT2D eigenvalue weighted by Crippen LogP contribution is -2.08. The molecule has 0 unspecified atom stereocenters. The fraction of sp³-hybridized carbons (Fsp3) is 0.286. The van der Waals surface area contributed by atoms with Crippen LogP contribution in [0.5, 0.6) is 11.5 Å². The molecule has 0 atom stereocenters. The summed E-state index contributed by atoms with van der Waals surface area (Å²) in [6.07, 6.45) is 1.46. The number of nitriles is 1. The zero-order chi connectivity index (χ0) is 13.7. The number of methoxy groups -OCH3 is 1. The first-order chi connectivity index (χ1) is 8.49. The van der Waals surface area contributed by atoms with E-state index in [4.69, 9.17) is 10.00 Å². The normalized spacial score (nSPS) is 11.2. The van der Waals surface area contributed by atoms with Gasteiger partial charge in [0, 0.05) is 5.92 Å². The van der Waals surface area contributed by atoms with Gasteiger partial charge >= 0.3 is 0 Å². The number of allylic oxidation sites excluding steroid dienone is 1. The highest BCUT2D eigenvalue weighted by molar-refractivity contribution is 6.04. The van der Waals surface area contributed by atoms with Crippen molar-refractivity contribution in [3.63, 3.8) is 0 Å². The van der Waals surface area contributed by atoms with E-state index >= 15 is 0 Å². The van der Waals surface area contributed by atoms with Crippen LogP contribution in [0.25, 0.3) is 6.08 Å². The predicted octanol–water partition coefficient (Wildman–Crippen LogP) is 2.53. The monoisotopic (exact) mass is 245 g/mol. The van der Waals surface area contributed by atoms with Gasteiger partial charge in [-0.2, -0.15) is 5.26 Å². The van der Waals surface area contributed by atoms with Crippen LogP contribution in [0.2, 0.25) is 0 Å². The van der Waals surface area contributed by atoms with Crippen LogP contribution in [0.4, 0.5) is 0 Å². The molecular weight excluding hydrogens is 230 g/mol. The molecule has 94 valence electrons. The van der Waals surface area contributed by atoms with Gasteiger partial charge in [0.1, 0.15) is 6.07 Å². The number of benzene rings is 1. The Morgan fingerprint density at radius 2 is 2.17 bits per heavy atom. The van der Waals surface area contributed by atoms with Gasteiger partial charge < -0.3 is 9.84 Å². The summed E-state index contributed by atoms with van der Waals surface area (Å²) in [7, 11) is 1.45. The molecular formula is C14H15NO3. The Bertz CT molecular complexity index is 524. The summed E-state index contributed by atoms with van der Waals surface area (Å²) < 4.78 is 4.91. The van der Waals surface area contributed by atoms with Gasteiger partial charge in [-0.05, 0) is 23.8 Å². The Hall–Kier alpha value is -2.28. The van der Waals surface area contributed by atoms with E-state index in [1.807, 2.05) is 6.07 Å². The molecule has 1 rings (SSSR count). The lowest BCUT2D eigenvalue weighted by Gasteiger charge is -2.05. The minimum atomic E-state index is -0.234. The first kappa shape index (κ1) is 13.8. The predicted molar refractivity (Wildman–Crippen MR) is 68.1 cm³/mol. The smallest absolute Gasteiger partial charge is 0.175 e. The molecule has 0 heterocycles. The highest BCUT2D eigenvalue weighted by Crippen LogP contribution is 2.27. The van der Waals surface area contributed by atoms with E-state index in [1.165, 1.54) is 19.3 Å².